The molecule has 0 aromatic heterocycles. The molecule has 3 rings (SSSR count). The summed E-state index contributed by atoms with van der Waals surface area (Å²) in [5.41, 5.74) is 3.11. The lowest BCUT2D eigenvalue weighted by Crippen LogP contribution is -2.36. The molecule has 0 amide bonds. The second-order valence-corrected chi connectivity index (χ2v) is 11.8. The first kappa shape index (κ1) is 24.7. The maximum absolute atomic E-state index is 10.3. The lowest BCUT2D eigenvalue weighted by Gasteiger charge is -2.44. The molecule has 0 aliphatic heterocycles. The van der Waals surface area contributed by atoms with Gasteiger partial charge in [0.2, 0.25) is 0 Å². The van der Waals surface area contributed by atoms with Crippen LogP contribution in [0.2, 0.25) is 0 Å². The second-order valence-electron chi connectivity index (χ2n) is 11.8. The van der Waals surface area contributed by atoms with E-state index in [1.54, 1.807) is 5.57 Å². The van der Waals surface area contributed by atoms with Crippen LogP contribution in [-0.2, 0) is 0 Å². The summed E-state index contributed by atoms with van der Waals surface area (Å²) in [7, 11) is 0. The molecule has 3 aliphatic carbocycles. The predicted molar refractivity (Wildman–Crippen MR) is 129 cm³/mol. The van der Waals surface area contributed by atoms with E-state index in [4.69, 9.17) is 0 Å². The Morgan fingerprint density at radius 3 is 2.55 bits per heavy atom. The fourth-order valence-electron chi connectivity index (χ4n) is 6.75. The molecule has 31 heavy (non-hydrogen) atoms. The predicted octanol–water partition coefficient (Wildman–Crippen LogP) is 5.95. The second kappa shape index (κ2) is 9.53. The van der Waals surface area contributed by atoms with Crippen LogP contribution in [0.15, 0.2) is 35.5 Å². The number of hydrogen-bond acceptors (Lipinski definition) is 3. The first-order chi connectivity index (χ1) is 14.4. The van der Waals surface area contributed by atoms with Gasteiger partial charge < -0.3 is 15.3 Å². The van der Waals surface area contributed by atoms with Crippen molar-refractivity contribution in [2.75, 3.05) is 0 Å². The Morgan fingerprint density at radius 2 is 1.87 bits per heavy atom. The first-order valence-corrected chi connectivity index (χ1v) is 12.6. The molecule has 3 saturated carbocycles. The monoisotopic (exact) mass is 430 g/mol. The molecule has 0 aromatic rings. The van der Waals surface area contributed by atoms with Crippen molar-refractivity contribution in [2.45, 2.75) is 110 Å². The fraction of sp³-hybridized carbons (Fsp3) is 0.786. The lowest BCUT2D eigenvalue weighted by molar-refractivity contribution is 0.0150. The van der Waals surface area contributed by atoms with Gasteiger partial charge in [-0.3, -0.25) is 0 Å². The minimum atomic E-state index is -0.618. The van der Waals surface area contributed by atoms with Gasteiger partial charge >= 0.3 is 0 Å². The maximum atomic E-state index is 10.3. The van der Waals surface area contributed by atoms with Crippen molar-refractivity contribution in [3.05, 3.63) is 35.5 Å². The quantitative estimate of drug-likeness (QED) is 0.488. The zero-order valence-electron chi connectivity index (χ0n) is 20.5. The summed E-state index contributed by atoms with van der Waals surface area (Å²) < 4.78 is 0. The van der Waals surface area contributed by atoms with Crippen molar-refractivity contribution in [3.8, 4) is 0 Å². The van der Waals surface area contributed by atoms with Gasteiger partial charge in [0.25, 0.3) is 0 Å². The van der Waals surface area contributed by atoms with E-state index in [0.717, 1.165) is 23.5 Å². The van der Waals surface area contributed by atoms with Gasteiger partial charge in [0.1, 0.15) is 0 Å². The maximum Gasteiger partial charge on any atom is 0.0811 e. The molecular formula is C28H46O3. The minimum Gasteiger partial charge on any atom is -0.393 e. The van der Waals surface area contributed by atoms with Crippen molar-refractivity contribution in [3.63, 3.8) is 0 Å². The molecule has 0 unspecified atom stereocenters. The van der Waals surface area contributed by atoms with Gasteiger partial charge in [0.15, 0.2) is 0 Å². The summed E-state index contributed by atoms with van der Waals surface area (Å²) >= 11 is 0. The van der Waals surface area contributed by atoms with Crippen LogP contribution in [0, 0.1) is 29.1 Å². The molecule has 7 atom stereocenters. The smallest absolute Gasteiger partial charge is 0.0811 e. The Balaban J connectivity index is 1.71. The third-order valence-corrected chi connectivity index (χ3v) is 9.25. The van der Waals surface area contributed by atoms with Crippen molar-refractivity contribution in [1.82, 2.24) is 0 Å². The Kier molecular flexibility index (Phi) is 7.61. The molecule has 0 aromatic carbocycles. The van der Waals surface area contributed by atoms with E-state index < -0.39 is 17.8 Å². The number of aliphatic hydroxyl groups is 3. The average Bonchev–Trinajstić information content (AvgIpc) is 3.04. The van der Waals surface area contributed by atoms with Crippen molar-refractivity contribution < 1.29 is 15.3 Å². The van der Waals surface area contributed by atoms with Gasteiger partial charge in [0, 0.05) is 6.42 Å². The van der Waals surface area contributed by atoms with Gasteiger partial charge in [-0.05, 0) is 99.0 Å². The number of fused-ring (bicyclic) bond motifs is 1. The molecule has 0 spiro atoms. The van der Waals surface area contributed by atoms with E-state index in [1.165, 1.54) is 38.5 Å². The van der Waals surface area contributed by atoms with E-state index in [-0.39, 0.29) is 0 Å². The van der Waals surface area contributed by atoms with Gasteiger partial charge in [-0.2, -0.15) is 0 Å². The van der Waals surface area contributed by atoms with Gasteiger partial charge in [-0.15, -0.1) is 0 Å². The largest absolute Gasteiger partial charge is 0.393 e. The summed E-state index contributed by atoms with van der Waals surface area (Å²) in [6.45, 7) is 15.1. The molecule has 0 bridgehead atoms. The van der Waals surface area contributed by atoms with Crippen LogP contribution < -0.4 is 0 Å². The fourth-order valence-corrected chi connectivity index (χ4v) is 6.75. The Morgan fingerprint density at radius 1 is 1.16 bits per heavy atom. The minimum absolute atomic E-state index is 0.322. The normalized spacial score (nSPS) is 39.0. The van der Waals surface area contributed by atoms with Crippen molar-refractivity contribution in [2.24, 2.45) is 29.1 Å². The van der Waals surface area contributed by atoms with E-state index in [1.807, 2.05) is 13.8 Å². The van der Waals surface area contributed by atoms with Gasteiger partial charge in [-0.1, -0.05) is 51.5 Å². The molecule has 0 heterocycles. The van der Waals surface area contributed by atoms with E-state index in [0.29, 0.717) is 36.0 Å². The SMILES string of the molecule is C=C1/C(=C/C=C2\CCC[C@]3(C)[C@@H]([C@H](C)CC[C@H](C)C(C)(C)O)CC[C@@H]23)C[C@H](O)C[C@@H]1O. The summed E-state index contributed by atoms with van der Waals surface area (Å²) in [5.74, 6) is 2.39. The van der Waals surface area contributed by atoms with Crippen LogP contribution in [0.5, 0.6) is 0 Å². The first-order valence-electron chi connectivity index (χ1n) is 12.6. The molecule has 3 fully saturated rings. The van der Waals surface area contributed by atoms with Crippen LogP contribution >= 0.6 is 0 Å². The van der Waals surface area contributed by atoms with Crippen LogP contribution in [0.1, 0.15) is 92.4 Å². The topological polar surface area (TPSA) is 60.7 Å². The zero-order chi connectivity index (χ0) is 23.0. The number of rotatable bonds is 6. The summed E-state index contributed by atoms with van der Waals surface area (Å²) in [5, 5.41) is 30.5. The number of aliphatic hydroxyl groups excluding tert-OH is 2. The Hall–Kier alpha value is -0.900. The van der Waals surface area contributed by atoms with E-state index >= 15 is 0 Å². The van der Waals surface area contributed by atoms with Gasteiger partial charge in [-0.25, -0.2) is 0 Å². The van der Waals surface area contributed by atoms with Crippen LogP contribution in [-0.4, -0.2) is 33.1 Å². The van der Waals surface area contributed by atoms with Crippen LogP contribution in [0.4, 0.5) is 0 Å². The highest BCUT2D eigenvalue weighted by molar-refractivity contribution is 5.38. The Labute approximate surface area is 190 Å². The molecule has 3 heteroatoms. The highest BCUT2D eigenvalue weighted by atomic mass is 16.3. The molecule has 3 N–H and O–H groups in total. The lowest BCUT2D eigenvalue weighted by atomic mass is 9.60. The number of allylic oxidation sites excluding steroid dienone is 3. The number of hydrogen-bond donors (Lipinski definition) is 3. The standard InChI is InChI=1S/C28H46O3/c1-18(9-10-19(2)27(4,5)31)24-13-14-25-21(8-7-15-28(24,25)6)11-12-22-16-23(29)17-26(30)20(22)3/h11-12,18-19,23-26,29-31H,3,7-10,13-17H2,1-2,4-6H3/b21-11+,22-12+/t18-,19+,23+,24-,25+,26+,28-/m1/s1. The average molecular weight is 431 g/mol. The third kappa shape index (κ3) is 5.37. The molecule has 3 aliphatic rings. The van der Waals surface area contributed by atoms with E-state index in [2.05, 4.69) is 39.5 Å². The molecule has 176 valence electrons. The Bertz CT molecular complexity index is 712. The zero-order valence-corrected chi connectivity index (χ0v) is 20.5. The van der Waals surface area contributed by atoms with Crippen LogP contribution in [0.25, 0.3) is 0 Å². The van der Waals surface area contributed by atoms with Crippen molar-refractivity contribution >= 4 is 0 Å². The highest BCUT2D eigenvalue weighted by Gasteiger charge is 2.50. The third-order valence-electron chi connectivity index (χ3n) is 9.25. The molecule has 3 nitrogen and oxygen atoms in total. The van der Waals surface area contributed by atoms with Crippen LogP contribution in [0.3, 0.4) is 0 Å². The van der Waals surface area contributed by atoms with Gasteiger partial charge in [0.05, 0.1) is 17.8 Å². The molecule has 0 radical (unpaired) electrons. The molecular weight excluding hydrogens is 384 g/mol. The summed E-state index contributed by atoms with van der Waals surface area (Å²) in [6.07, 6.45) is 12.9. The van der Waals surface area contributed by atoms with E-state index in [9.17, 15) is 15.3 Å². The summed E-state index contributed by atoms with van der Waals surface area (Å²) in [4.78, 5) is 0. The van der Waals surface area contributed by atoms with Crippen molar-refractivity contribution in [1.29, 1.82) is 0 Å². The molecule has 0 saturated heterocycles. The highest BCUT2D eigenvalue weighted by Crippen LogP contribution is 2.60. The summed E-state index contributed by atoms with van der Waals surface area (Å²) in [6, 6.07) is 0.